The molecule has 0 radical (unpaired) electrons. The standard InChI is InChI=1S/C16H28N2O2S/c1-5-11-17-12-15-7-9-16(10-8-15)13-21(19,20)18(6-2)14(3)4/h7-10,14,17H,5-6,11-13H2,1-4H3. The van der Waals surface area contributed by atoms with Gasteiger partial charge in [-0.15, -0.1) is 0 Å². The summed E-state index contributed by atoms with van der Waals surface area (Å²) < 4.78 is 26.3. The SMILES string of the molecule is CCCNCc1ccc(CS(=O)(=O)N(CC)C(C)C)cc1. The van der Waals surface area contributed by atoms with E-state index in [-0.39, 0.29) is 11.8 Å². The Bertz CT molecular complexity index is 510. The smallest absolute Gasteiger partial charge is 0.218 e. The van der Waals surface area contributed by atoms with Crippen LogP contribution in [0.3, 0.4) is 0 Å². The van der Waals surface area contributed by atoms with Crippen molar-refractivity contribution >= 4 is 10.0 Å². The lowest BCUT2D eigenvalue weighted by molar-refractivity contribution is 0.368. The molecule has 0 atom stereocenters. The summed E-state index contributed by atoms with van der Waals surface area (Å²) in [5.41, 5.74) is 2.02. The van der Waals surface area contributed by atoms with Gasteiger partial charge in [-0.05, 0) is 37.9 Å². The minimum absolute atomic E-state index is 0.00230. The summed E-state index contributed by atoms with van der Waals surface area (Å²) in [5, 5.41) is 3.33. The third-order valence-electron chi connectivity index (χ3n) is 3.37. The largest absolute Gasteiger partial charge is 0.313 e. The van der Waals surface area contributed by atoms with Crippen LogP contribution in [0.25, 0.3) is 0 Å². The van der Waals surface area contributed by atoms with Gasteiger partial charge in [-0.2, -0.15) is 4.31 Å². The van der Waals surface area contributed by atoms with Crippen molar-refractivity contribution in [3.8, 4) is 0 Å². The zero-order chi connectivity index (χ0) is 15.9. The highest BCUT2D eigenvalue weighted by atomic mass is 32.2. The molecular weight excluding hydrogens is 284 g/mol. The second-order valence-corrected chi connectivity index (χ2v) is 7.47. The molecule has 0 aromatic heterocycles. The Morgan fingerprint density at radius 3 is 2.14 bits per heavy atom. The van der Waals surface area contributed by atoms with Gasteiger partial charge in [0.15, 0.2) is 0 Å². The van der Waals surface area contributed by atoms with Crippen molar-refractivity contribution < 1.29 is 8.42 Å². The van der Waals surface area contributed by atoms with Gasteiger partial charge >= 0.3 is 0 Å². The van der Waals surface area contributed by atoms with Crippen LogP contribution in [0.5, 0.6) is 0 Å². The number of hydrogen-bond donors (Lipinski definition) is 1. The number of nitrogens with zero attached hydrogens (tertiary/aromatic N) is 1. The Labute approximate surface area is 129 Å². The van der Waals surface area contributed by atoms with E-state index in [1.54, 1.807) is 4.31 Å². The van der Waals surface area contributed by atoms with Gasteiger partial charge in [-0.25, -0.2) is 8.42 Å². The molecular formula is C16H28N2O2S. The van der Waals surface area contributed by atoms with E-state index in [0.29, 0.717) is 6.54 Å². The maximum atomic E-state index is 12.4. The van der Waals surface area contributed by atoms with Gasteiger partial charge < -0.3 is 5.32 Å². The number of nitrogens with one attached hydrogen (secondary N) is 1. The Balaban J connectivity index is 2.70. The third kappa shape index (κ3) is 5.77. The molecule has 0 unspecified atom stereocenters. The van der Waals surface area contributed by atoms with Crippen molar-refractivity contribution in [3.05, 3.63) is 35.4 Å². The Kier molecular flexibility index (Phi) is 7.35. The molecule has 0 saturated heterocycles. The molecule has 0 aliphatic rings. The zero-order valence-corrected chi connectivity index (χ0v) is 14.4. The van der Waals surface area contributed by atoms with E-state index >= 15 is 0 Å². The fraction of sp³-hybridized carbons (Fsp3) is 0.625. The fourth-order valence-electron chi connectivity index (χ4n) is 2.34. The minimum atomic E-state index is -3.24. The maximum absolute atomic E-state index is 12.4. The van der Waals surface area contributed by atoms with Crippen LogP contribution in [0.2, 0.25) is 0 Å². The second-order valence-electron chi connectivity index (χ2n) is 5.55. The van der Waals surface area contributed by atoms with Gasteiger partial charge in [0.25, 0.3) is 0 Å². The normalized spacial score (nSPS) is 12.3. The summed E-state index contributed by atoms with van der Waals surface area (Å²) in [7, 11) is -3.24. The first kappa shape index (κ1) is 18.1. The Morgan fingerprint density at radius 2 is 1.67 bits per heavy atom. The first-order valence-electron chi connectivity index (χ1n) is 7.68. The zero-order valence-electron chi connectivity index (χ0n) is 13.6. The Hall–Kier alpha value is -0.910. The van der Waals surface area contributed by atoms with E-state index in [4.69, 9.17) is 0 Å². The van der Waals surface area contributed by atoms with E-state index in [2.05, 4.69) is 12.2 Å². The number of hydrogen-bond acceptors (Lipinski definition) is 3. The van der Waals surface area contributed by atoms with Crippen LogP contribution in [0.1, 0.15) is 45.2 Å². The molecule has 21 heavy (non-hydrogen) atoms. The molecule has 0 spiro atoms. The van der Waals surface area contributed by atoms with Gasteiger partial charge in [0.1, 0.15) is 0 Å². The summed E-state index contributed by atoms with van der Waals surface area (Å²) in [6, 6.07) is 7.82. The Morgan fingerprint density at radius 1 is 1.10 bits per heavy atom. The maximum Gasteiger partial charge on any atom is 0.218 e. The summed E-state index contributed by atoms with van der Waals surface area (Å²) >= 11 is 0. The lowest BCUT2D eigenvalue weighted by Crippen LogP contribution is -2.37. The van der Waals surface area contributed by atoms with Crippen molar-refractivity contribution in [3.63, 3.8) is 0 Å². The minimum Gasteiger partial charge on any atom is -0.313 e. The average molecular weight is 312 g/mol. The number of rotatable bonds is 9. The summed E-state index contributed by atoms with van der Waals surface area (Å²) in [5.74, 6) is 0.0711. The molecule has 1 rings (SSSR count). The first-order valence-corrected chi connectivity index (χ1v) is 9.29. The lowest BCUT2D eigenvalue weighted by atomic mass is 10.1. The lowest BCUT2D eigenvalue weighted by Gasteiger charge is -2.24. The van der Waals surface area contributed by atoms with Gasteiger partial charge in [-0.3, -0.25) is 0 Å². The highest BCUT2D eigenvalue weighted by molar-refractivity contribution is 7.88. The van der Waals surface area contributed by atoms with Crippen molar-refractivity contribution in [2.75, 3.05) is 13.1 Å². The number of benzene rings is 1. The van der Waals surface area contributed by atoms with E-state index in [0.717, 1.165) is 25.1 Å². The molecule has 1 N–H and O–H groups in total. The van der Waals surface area contributed by atoms with E-state index < -0.39 is 10.0 Å². The first-order chi connectivity index (χ1) is 9.90. The molecule has 1 aromatic carbocycles. The van der Waals surface area contributed by atoms with E-state index in [1.165, 1.54) is 5.56 Å². The van der Waals surface area contributed by atoms with Crippen LogP contribution in [0.15, 0.2) is 24.3 Å². The van der Waals surface area contributed by atoms with E-state index in [1.807, 2.05) is 45.0 Å². The molecule has 0 bridgehead atoms. The highest BCUT2D eigenvalue weighted by Crippen LogP contribution is 2.14. The molecule has 0 saturated carbocycles. The van der Waals surface area contributed by atoms with Crippen LogP contribution in [0, 0.1) is 0 Å². The van der Waals surface area contributed by atoms with Gasteiger partial charge in [0, 0.05) is 19.1 Å². The number of sulfonamides is 1. The fourth-order valence-corrected chi connectivity index (χ4v) is 4.15. The summed E-state index contributed by atoms with van der Waals surface area (Å²) in [6.07, 6.45) is 1.11. The molecule has 0 amide bonds. The van der Waals surface area contributed by atoms with Crippen molar-refractivity contribution in [1.82, 2.24) is 9.62 Å². The predicted molar refractivity (Wildman–Crippen MR) is 88.6 cm³/mol. The molecule has 0 fully saturated rings. The van der Waals surface area contributed by atoms with Crippen LogP contribution < -0.4 is 5.32 Å². The quantitative estimate of drug-likeness (QED) is 0.713. The molecule has 4 nitrogen and oxygen atoms in total. The van der Waals surface area contributed by atoms with Crippen LogP contribution in [-0.4, -0.2) is 31.9 Å². The van der Waals surface area contributed by atoms with Gasteiger partial charge in [-0.1, -0.05) is 38.1 Å². The van der Waals surface area contributed by atoms with Gasteiger partial charge in [0.2, 0.25) is 10.0 Å². The third-order valence-corrected chi connectivity index (χ3v) is 5.47. The van der Waals surface area contributed by atoms with Crippen molar-refractivity contribution in [2.45, 2.75) is 52.5 Å². The van der Waals surface area contributed by atoms with E-state index in [9.17, 15) is 8.42 Å². The molecule has 5 heteroatoms. The average Bonchev–Trinajstić information content (AvgIpc) is 2.40. The van der Waals surface area contributed by atoms with Gasteiger partial charge in [0.05, 0.1) is 5.75 Å². The topological polar surface area (TPSA) is 49.4 Å². The second kappa shape index (κ2) is 8.51. The molecule has 1 aromatic rings. The highest BCUT2D eigenvalue weighted by Gasteiger charge is 2.23. The summed E-state index contributed by atoms with van der Waals surface area (Å²) in [6.45, 7) is 10.2. The molecule has 120 valence electrons. The van der Waals surface area contributed by atoms with Crippen molar-refractivity contribution in [1.29, 1.82) is 0 Å². The molecule has 0 aliphatic heterocycles. The van der Waals surface area contributed by atoms with Crippen LogP contribution >= 0.6 is 0 Å². The summed E-state index contributed by atoms with van der Waals surface area (Å²) in [4.78, 5) is 0. The molecule has 0 heterocycles. The van der Waals surface area contributed by atoms with Crippen LogP contribution in [0.4, 0.5) is 0 Å². The molecule has 0 aliphatic carbocycles. The van der Waals surface area contributed by atoms with Crippen LogP contribution in [-0.2, 0) is 22.3 Å². The predicted octanol–water partition coefficient (Wildman–Crippen LogP) is 2.75. The monoisotopic (exact) mass is 312 g/mol. The van der Waals surface area contributed by atoms with Crippen molar-refractivity contribution in [2.24, 2.45) is 0 Å².